The molecule has 1 aliphatic carbocycles. The van der Waals surface area contributed by atoms with Crippen LogP contribution in [0.2, 0.25) is 0 Å². The highest BCUT2D eigenvalue weighted by Gasteiger charge is 2.33. The summed E-state index contributed by atoms with van der Waals surface area (Å²) in [5, 5.41) is 6.82. The van der Waals surface area contributed by atoms with Crippen LogP contribution < -0.4 is 20.1 Å². The molecule has 1 aliphatic heterocycles. The second-order valence-electron chi connectivity index (χ2n) is 7.84. The summed E-state index contributed by atoms with van der Waals surface area (Å²) in [4.78, 5) is 13.1. The van der Waals surface area contributed by atoms with Crippen molar-refractivity contribution in [1.29, 1.82) is 0 Å². The van der Waals surface area contributed by atoms with E-state index in [4.69, 9.17) is 26.4 Å². The first-order valence-corrected chi connectivity index (χ1v) is 11.4. The zero-order valence-electron chi connectivity index (χ0n) is 18.4. The van der Waals surface area contributed by atoms with Crippen LogP contribution in [0.3, 0.4) is 0 Å². The van der Waals surface area contributed by atoms with Gasteiger partial charge in [0, 0.05) is 0 Å². The van der Waals surface area contributed by atoms with E-state index in [0.717, 1.165) is 24.0 Å². The Morgan fingerprint density at radius 3 is 2.53 bits per heavy atom. The van der Waals surface area contributed by atoms with Crippen LogP contribution in [0.4, 0.5) is 0 Å². The lowest BCUT2D eigenvalue weighted by molar-refractivity contribution is -0.138. The van der Waals surface area contributed by atoms with Gasteiger partial charge in [-0.05, 0) is 68.1 Å². The smallest absolute Gasteiger partial charge is 0.338 e. The van der Waals surface area contributed by atoms with Gasteiger partial charge in [-0.25, -0.2) is 4.79 Å². The Balaban J connectivity index is 1.75. The summed E-state index contributed by atoms with van der Waals surface area (Å²) in [6.45, 7) is 2.07. The molecule has 0 radical (unpaired) electrons. The van der Waals surface area contributed by atoms with Crippen molar-refractivity contribution in [2.75, 3.05) is 13.7 Å². The molecule has 0 aromatic heterocycles. The minimum absolute atomic E-state index is 0.221. The molecule has 2 N–H and O–H groups in total. The Labute approximate surface area is 193 Å². The molecule has 2 aliphatic rings. The SMILES string of the molecule is CCOC(=O)C1=C(c2ccccc2)NC(=S)NC1c1ccc(OC2CCCC2)c(OC)c1. The molecule has 2 aromatic carbocycles. The number of carbonyl (C=O) groups is 1. The van der Waals surface area contributed by atoms with Crippen molar-refractivity contribution in [3.63, 3.8) is 0 Å². The lowest BCUT2D eigenvalue weighted by atomic mass is 9.92. The maximum Gasteiger partial charge on any atom is 0.338 e. The third-order valence-electron chi connectivity index (χ3n) is 5.75. The van der Waals surface area contributed by atoms with Crippen LogP contribution in [-0.4, -0.2) is 30.9 Å². The van der Waals surface area contributed by atoms with Gasteiger partial charge in [-0.1, -0.05) is 36.4 Å². The van der Waals surface area contributed by atoms with E-state index >= 15 is 0 Å². The molecule has 0 amide bonds. The lowest BCUT2D eigenvalue weighted by Crippen LogP contribution is -2.45. The summed E-state index contributed by atoms with van der Waals surface area (Å²) >= 11 is 5.48. The molecule has 1 fully saturated rings. The molecule has 0 spiro atoms. The topological polar surface area (TPSA) is 68.8 Å². The number of carbonyl (C=O) groups excluding carboxylic acids is 1. The zero-order valence-corrected chi connectivity index (χ0v) is 19.2. The molecular formula is C25H28N2O4S. The Kier molecular flexibility index (Phi) is 6.95. The minimum atomic E-state index is -0.493. The van der Waals surface area contributed by atoms with Gasteiger partial charge in [0.1, 0.15) is 0 Å². The Morgan fingerprint density at radius 1 is 1.09 bits per heavy atom. The standard InChI is InChI=1S/C25H28N2O4S/c1-3-30-24(28)21-22(16-9-5-4-6-10-16)26-25(32)27-23(21)17-13-14-19(20(15-17)29-2)31-18-11-7-8-12-18/h4-6,9-10,13-15,18,23H,3,7-8,11-12H2,1-2H3,(H2,26,27,32). The third kappa shape index (κ3) is 4.72. The summed E-state index contributed by atoms with van der Waals surface area (Å²) in [5.41, 5.74) is 2.81. The van der Waals surface area contributed by atoms with Crippen molar-refractivity contribution >= 4 is 29.0 Å². The molecule has 2 aromatic rings. The molecule has 1 atom stereocenters. The molecule has 168 valence electrons. The summed E-state index contributed by atoms with van der Waals surface area (Å²) in [6.07, 6.45) is 4.73. The first-order chi connectivity index (χ1) is 15.6. The highest BCUT2D eigenvalue weighted by atomic mass is 32.1. The largest absolute Gasteiger partial charge is 0.493 e. The Hall–Kier alpha value is -3.06. The van der Waals surface area contributed by atoms with Gasteiger partial charge in [0.15, 0.2) is 16.6 Å². The van der Waals surface area contributed by atoms with Crippen molar-refractivity contribution in [3.05, 3.63) is 65.2 Å². The first-order valence-electron chi connectivity index (χ1n) is 11.0. The van der Waals surface area contributed by atoms with Gasteiger partial charge >= 0.3 is 5.97 Å². The van der Waals surface area contributed by atoms with Crippen molar-refractivity contribution in [1.82, 2.24) is 10.6 Å². The van der Waals surface area contributed by atoms with Crippen LogP contribution in [0.25, 0.3) is 5.70 Å². The fourth-order valence-electron chi connectivity index (χ4n) is 4.22. The minimum Gasteiger partial charge on any atom is -0.493 e. The van der Waals surface area contributed by atoms with Crippen molar-refractivity contribution in [2.24, 2.45) is 0 Å². The second kappa shape index (κ2) is 10.0. The number of nitrogens with one attached hydrogen (secondary N) is 2. The lowest BCUT2D eigenvalue weighted by Gasteiger charge is -2.31. The van der Waals surface area contributed by atoms with Crippen LogP contribution in [0.1, 0.15) is 49.8 Å². The number of rotatable bonds is 7. The molecule has 0 bridgehead atoms. The number of methoxy groups -OCH3 is 1. The number of hydrogen-bond donors (Lipinski definition) is 2. The number of benzene rings is 2. The molecular weight excluding hydrogens is 424 g/mol. The molecule has 6 nitrogen and oxygen atoms in total. The van der Waals surface area contributed by atoms with Gasteiger partial charge in [0.25, 0.3) is 0 Å². The highest BCUT2D eigenvalue weighted by Crippen LogP contribution is 2.37. The molecule has 4 rings (SSSR count). The monoisotopic (exact) mass is 452 g/mol. The fraction of sp³-hybridized carbons (Fsp3) is 0.360. The molecule has 7 heteroatoms. The van der Waals surface area contributed by atoms with E-state index in [0.29, 0.717) is 27.9 Å². The predicted molar refractivity (Wildman–Crippen MR) is 127 cm³/mol. The summed E-state index contributed by atoms with van der Waals surface area (Å²) < 4.78 is 17.2. The molecule has 1 unspecified atom stereocenters. The average molecular weight is 453 g/mol. The van der Waals surface area contributed by atoms with Crippen molar-refractivity contribution in [3.8, 4) is 11.5 Å². The fourth-order valence-corrected chi connectivity index (χ4v) is 4.44. The first kappa shape index (κ1) is 22.1. The van der Waals surface area contributed by atoms with Crippen LogP contribution in [0.15, 0.2) is 54.1 Å². The van der Waals surface area contributed by atoms with E-state index in [9.17, 15) is 4.79 Å². The van der Waals surface area contributed by atoms with E-state index < -0.39 is 12.0 Å². The van der Waals surface area contributed by atoms with E-state index in [1.54, 1.807) is 14.0 Å². The van der Waals surface area contributed by atoms with Crippen molar-refractivity contribution in [2.45, 2.75) is 44.8 Å². The van der Waals surface area contributed by atoms with E-state index in [2.05, 4.69) is 10.6 Å². The van der Waals surface area contributed by atoms with E-state index in [-0.39, 0.29) is 12.7 Å². The maximum absolute atomic E-state index is 13.1. The number of esters is 1. The molecule has 1 saturated carbocycles. The molecule has 1 heterocycles. The van der Waals surface area contributed by atoms with E-state index in [1.165, 1.54) is 12.8 Å². The number of thiocarbonyl (C=S) groups is 1. The third-order valence-corrected chi connectivity index (χ3v) is 5.97. The number of ether oxygens (including phenoxy) is 3. The predicted octanol–water partition coefficient (Wildman–Crippen LogP) is 4.51. The summed E-state index contributed by atoms with van der Waals surface area (Å²) in [5.74, 6) is 0.943. The van der Waals surface area contributed by atoms with Gasteiger partial charge < -0.3 is 24.8 Å². The average Bonchev–Trinajstić information content (AvgIpc) is 3.32. The zero-order chi connectivity index (χ0) is 22.5. The second-order valence-corrected chi connectivity index (χ2v) is 8.25. The van der Waals surface area contributed by atoms with Gasteiger partial charge in [0.2, 0.25) is 0 Å². The van der Waals surface area contributed by atoms with Crippen LogP contribution in [-0.2, 0) is 9.53 Å². The van der Waals surface area contributed by atoms with Crippen LogP contribution in [0.5, 0.6) is 11.5 Å². The molecule has 32 heavy (non-hydrogen) atoms. The Morgan fingerprint density at radius 2 is 1.84 bits per heavy atom. The Bertz CT molecular complexity index is 1020. The maximum atomic E-state index is 13.1. The van der Waals surface area contributed by atoms with Gasteiger partial charge in [-0.2, -0.15) is 0 Å². The van der Waals surface area contributed by atoms with Crippen LogP contribution in [0, 0.1) is 0 Å². The summed E-state index contributed by atoms with van der Waals surface area (Å²) in [7, 11) is 1.62. The van der Waals surface area contributed by atoms with Crippen LogP contribution >= 0.6 is 12.2 Å². The van der Waals surface area contributed by atoms with Crippen molar-refractivity contribution < 1.29 is 19.0 Å². The number of hydrogen-bond acceptors (Lipinski definition) is 5. The van der Waals surface area contributed by atoms with Gasteiger partial charge in [-0.15, -0.1) is 0 Å². The summed E-state index contributed by atoms with van der Waals surface area (Å²) in [6, 6.07) is 14.9. The normalized spacial score (nSPS) is 18.7. The van der Waals surface area contributed by atoms with Gasteiger partial charge in [-0.3, -0.25) is 0 Å². The molecule has 0 saturated heterocycles. The quantitative estimate of drug-likeness (QED) is 0.473. The van der Waals surface area contributed by atoms with E-state index in [1.807, 2.05) is 48.5 Å². The highest BCUT2D eigenvalue weighted by molar-refractivity contribution is 7.80. The van der Waals surface area contributed by atoms with Gasteiger partial charge in [0.05, 0.1) is 37.1 Å².